The predicted octanol–water partition coefficient (Wildman–Crippen LogP) is 2.31. The van der Waals surface area contributed by atoms with Crippen molar-refractivity contribution in [3.63, 3.8) is 0 Å². The third-order valence-electron chi connectivity index (χ3n) is 3.16. The van der Waals surface area contributed by atoms with E-state index in [9.17, 15) is 9.90 Å². The summed E-state index contributed by atoms with van der Waals surface area (Å²) in [5.74, 6) is -0.177. The number of rotatable bonds is 3. The van der Waals surface area contributed by atoms with E-state index in [0.717, 1.165) is 12.1 Å². The number of β-amino-alcohol motifs (C(OH)–C–C–N with tert-alkyl or cyclic N) is 1. The molecule has 19 heavy (non-hydrogen) atoms. The highest BCUT2D eigenvalue weighted by Gasteiger charge is 2.22. The highest BCUT2D eigenvalue weighted by molar-refractivity contribution is 6.40. The van der Waals surface area contributed by atoms with Crippen LogP contribution >= 0.6 is 23.2 Å². The van der Waals surface area contributed by atoms with Crippen LogP contribution in [0.15, 0.2) is 12.1 Å². The number of anilines is 1. The van der Waals surface area contributed by atoms with Crippen LogP contribution in [0, 0.1) is 6.92 Å². The molecule has 0 spiro atoms. The molecule has 1 aliphatic heterocycles. The molecule has 1 aliphatic rings. The Morgan fingerprint density at radius 3 is 2.89 bits per heavy atom. The number of hydrogen-bond donors (Lipinski definition) is 2. The molecule has 1 saturated heterocycles. The minimum absolute atomic E-state index is 0.177. The highest BCUT2D eigenvalue weighted by atomic mass is 35.5. The zero-order valence-electron chi connectivity index (χ0n) is 10.6. The zero-order valence-corrected chi connectivity index (χ0v) is 12.1. The molecule has 1 aromatic carbocycles. The predicted molar refractivity (Wildman–Crippen MR) is 76.9 cm³/mol. The Balaban J connectivity index is 2.01. The van der Waals surface area contributed by atoms with E-state index in [4.69, 9.17) is 23.2 Å². The summed E-state index contributed by atoms with van der Waals surface area (Å²) >= 11 is 12.2. The van der Waals surface area contributed by atoms with Crippen molar-refractivity contribution in [2.75, 3.05) is 25.0 Å². The lowest BCUT2D eigenvalue weighted by molar-refractivity contribution is -0.117. The number of carbonyl (C=O) groups excluding carboxylic acids is 1. The van der Waals surface area contributed by atoms with E-state index in [-0.39, 0.29) is 18.6 Å². The minimum atomic E-state index is -0.334. The smallest absolute Gasteiger partial charge is 0.238 e. The zero-order chi connectivity index (χ0) is 14.0. The first-order chi connectivity index (χ1) is 8.97. The second kappa shape index (κ2) is 6.09. The minimum Gasteiger partial charge on any atom is -0.392 e. The van der Waals surface area contributed by atoms with Gasteiger partial charge in [0.2, 0.25) is 5.91 Å². The summed E-state index contributed by atoms with van der Waals surface area (Å²) in [6.07, 6.45) is 0.373. The molecule has 4 nitrogen and oxygen atoms in total. The molecule has 0 radical (unpaired) electrons. The number of aliphatic hydroxyl groups is 1. The fraction of sp³-hybridized carbons (Fsp3) is 0.462. The Hall–Kier alpha value is -0.810. The van der Waals surface area contributed by atoms with Crippen molar-refractivity contribution in [2.45, 2.75) is 19.4 Å². The topological polar surface area (TPSA) is 52.6 Å². The lowest BCUT2D eigenvalue weighted by Gasteiger charge is -2.16. The van der Waals surface area contributed by atoms with Crippen molar-refractivity contribution < 1.29 is 9.90 Å². The van der Waals surface area contributed by atoms with Crippen LogP contribution in [0.25, 0.3) is 0 Å². The van der Waals surface area contributed by atoms with Crippen LogP contribution in [-0.2, 0) is 4.79 Å². The van der Waals surface area contributed by atoms with Gasteiger partial charge in [-0.15, -0.1) is 0 Å². The molecule has 1 aromatic rings. The van der Waals surface area contributed by atoms with Gasteiger partial charge in [-0.1, -0.05) is 29.3 Å². The second-order valence-electron chi connectivity index (χ2n) is 4.78. The highest BCUT2D eigenvalue weighted by Crippen LogP contribution is 2.32. The molecule has 0 unspecified atom stereocenters. The fourth-order valence-electron chi connectivity index (χ4n) is 2.11. The number of aryl methyl sites for hydroxylation is 1. The van der Waals surface area contributed by atoms with Crippen molar-refractivity contribution >= 4 is 34.8 Å². The van der Waals surface area contributed by atoms with E-state index in [1.165, 1.54) is 0 Å². The van der Waals surface area contributed by atoms with Gasteiger partial charge in [-0.05, 0) is 25.0 Å². The number of aliphatic hydroxyl groups excluding tert-OH is 1. The first kappa shape index (κ1) is 14.6. The molecule has 6 heteroatoms. The monoisotopic (exact) mass is 302 g/mol. The van der Waals surface area contributed by atoms with E-state index >= 15 is 0 Å². The molecule has 2 rings (SSSR count). The van der Waals surface area contributed by atoms with Gasteiger partial charge in [0.1, 0.15) is 0 Å². The Bertz CT molecular complexity index is 494. The average molecular weight is 303 g/mol. The SMILES string of the molecule is Cc1ccc(Cl)c(NC(=O)CN2CC[C@@H](O)C2)c1Cl. The summed E-state index contributed by atoms with van der Waals surface area (Å²) in [6, 6.07) is 3.51. The van der Waals surface area contributed by atoms with Crippen molar-refractivity contribution in [1.29, 1.82) is 0 Å². The largest absolute Gasteiger partial charge is 0.392 e. The number of benzene rings is 1. The van der Waals surface area contributed by atoms with Crippen LogP contribution in [0.1, 0.15) is 12.0 Å². The Morgan fingerprint density at radius 2 is 2.26 bits per heavy atom. The molecule has 1 atom stereocenters. The molecular formula is C13H16Cl2N2O2. The normalized spacial score (nSPS) is 19.7. The summed E-state index contributed by atoms with van der Waals surface area (Å²) < 4.78 is 0. The number of carbonyl (C=O) groups is 1. The summed E-state index contributed by atoms with van der Waals surface area (Å²) in [5, 5.41) is 13.0. The van der Waals surface area contributed by atoms with Gasteiger partial charge in [0, 0.05) is 13.1 Å². The molecular weight excluding hydrogens is 287 g/mol. The molecule has 0 bridgehead atoms. The summed E-state index contributed by atoms with van der Waals surface area (Å²) in [5.41, 5.74) is 1.31. The molecule has 0 aromatic heterocycles. The summed E-state index contributed by atoms with van der Waals surface area (Å²) in [4.78, 5) is 13.8. The number of amides is 1. The Labute approximate surface area is 122 Å². The average Bonchev–Trinajstić information content (AvgIpc) is 2.75. The van der Waals surface area contributed by atoms with Crippen molar-refractivity contribution in [2.24, 2.45) is 0 Å². The van der Waals surface area contributed by atoms with Gasteiger partial charge in [-0.3, -0.25) is 9.69 Å². The molecule has 0 saturated carbocycles. The van der Waals surface area contributed by atoms with Gasteiger partial charge >= 0.3 is 0 Å². The number of nitrogens with one attached hydrogen (secondary N) is 1. The lowest BCUT2D eigenvalue weighted by Crippen LogP contribution is -2.32. The molecule has 1 heterocycles. The molecule has 2 N–H and O–H groups in total. The molecule has 0 aliphatic carbocycles. The summed E-state index contributed by atoms with van der Waals surface area (Å²) in [6.45, 7) is 3.34. The first-order valence-corrected chi connectivity index (χ1v) is 6.88. The van der Waals surface area contributed by atoms with Gasteiger partial charge < -0.3 is 10.4 Å². The Morgan fingerprint density at radius 1 is 1.53 bits per heavy atom. The fourth-order valence-corrected chi connectivity index (χ4v) is 2.57. The van der Waals surface area contributed by atoms with E-state index < -0.39 is 0 Å². The Kier molecular flexibility index (Phi) is 4.68. The van der Waals surface area contributed by atoms with Crippen LogP contribution in [0.5, 0.6) is 0 Å². The van der Waals surface area contributed by atoms with E-state index in [1.54, 1.807) is 12.1 Å². The third kappa shape index (κ3) is 3.60. The van der Waals surface area contributed by atoms with E-state index in [2.05, 4.69) is 5.32 Å². The van der Waals surface area contributed by atoms with Gasteiger partial charge in [-0.2, -0.15) is 0 Å². The molecule has 1 amide bonds. The lowest BCUT2D eigenvalue weighted by atomic mass is 10.2. The molecule has 1 fully saturated rings. The van der Waals surface area contributed by atoms with E-state index in [1.807, 2.05) is 11.8 Å². The van der Waals surface area contributed by atoms with Crippen LogP contribution in [0.3, 0.4) is 0 Å². The van der Waals surface area contributed by atoms with Crippen LogP contribution in [-0.4, -0.2) is 41.7 Å². The van der Waals surface area contributed by atoms with Gasteiger partial charge in [0.05, 0.1) is 28.4 Å². The van der Waals surface area contributed by atoms with Gasteiger partial charge in [-0.25, -0.2) is 0 Å². The van der Waals surface area contributed by atoms with Crippen LogP contribution < -0.4 is 5.32 Å². The number of likely N-dealkylation sites (tertiary alicyclic amines) is 1. The number of halogens is 2. The van der Waals surface area contributed by atoms with Crippen LogP contribution in [0.2, 0.25) is 10.0 Å². The quantitative estimate of drug-likeness (QED) is 0.901. The molecule has 104 valence electrons. The maximum Gasteiger partial charge on any atom is 0.238 e. The van der Waals surface area contributed by atoms with Crippen LogP contribution in [0.4, 0.5) is 5.69 Å². The van der Waals surface area contributed by atoms with Crippen molar-refractivity contribution in [3.05, 3.63) is 27.7 Å². The van der Waals surface area contributed by atoms with Gasteiger partial charge in [0.15, 0.2) is 0 Å². The van der Waals surface area contributed by atoms with Gasteiger partial charge in [0.25, 0.3) is 0 Å². The third-order valence-corrected chi connectivity index (χ3v) is 3.97. The van der Waals surface area contributed by atoms with Crippen molar-refractivity contribution in [1.82, 2.24) is 4.90 Å². The van der Waals surface area contributed by atoms with E-state index in [0.29, 0.717) is 28.7 Å². The summed E-state index contributed by atoms with van der Waals surface area (Å²) in [7, 11) is 0. The number of hydrogen-bond acceptors (Lipinski definition) is 3. The standard InChI is InChI=1S/C13H16Cl2N2O2/c1-8-2-3-10(14)13(12(8)15)16-11(19)7-17-5-4-9(18)6-17/h2-3,9,18H,4-7H2,1H3,(H,16,19)/t9-/m1/s1. The maximum atomic E-state index is 11.9. The second-order valence-corrected chi connectivity index (χ2v) is 5.56. The van der Waals surface area contributed by atoms with Crippen molar-refractivity contribution in [3.8, 4) is 0 Å². The number of nitrogens with zero attached hydrogens (tertiary/aromatic N) is 1. The maximum absolute atomic E-state index is 11.9. The first-order valence-electron chi connectivity index (χ1n) is 6.12.